The van der Waals surface area contributed by atoms with Crippen molar-refractivity contribution >= 4 is 44.9 Å². The largest absolute Gasteiger partial charge is 0.462 e. The highest BCUT2D eigenvalue weighted by Gasteiger charge is 2.52. The van der Waals surface area contributed by atoms with Crippen molar-refractivity contribution in [3.8, 4) is 0 Å². The van der Waals surface area contributed by atoms with Gasteiger partial charge >= 0.3 is 5.97 Å². The van der Waals surface area contributed by atoms with Gasteiger partial charge in [0.05, 0.1) is 23.7 Å². The number of nitrogens with one attached hydrogen (secondary N) is 1. The molecule has 0 aromatic heterocycles. The fourth-order valence-electron chi connectivity index (χ4n) is 2.11. The number of rotatable bonds is 8. The minimum atomic E-state index is -3.70. The molecule has 25 heavy (non-hydrogen) atoms. The second-order valence-corrected chi connectivity index (χ2v) is 9.60. The normalized spacial score (nSPS) is 18.9. The standard InChI is InChI=1S/C15H20Cl2N2O5S/c1-19(2)25(22,23)11-3-4-13(18-5-6-20)12(7-11)14(21)24-9-10-8-15(10,16)17/h3-4,7,10,18,20H,5-6,8-9H2,1-2H3. The lowest BCUT2D eigenvalue weighted by molar-refractivity contribution is 0.0486. The van der Waals surface area contributed by atoms with E-state index in [1.165, 1.54) is 32.3 Å². The topological polar surface area (TPSA) is 95.9 Å². The number of sulfonamides is 1. The van der Waals surface area contributed by atoms with Crippen LogP contribution in [0, 0.1) is 5.92 Å². The molecule has 2 N–H and O–H groups in total. The van der Waals surface area contributed by atoms with E-state index in [0.717, 1.165) is 4.31 Å². The highest BCUT2D eigenvalue weighted by Crippen LogP contribution is 2.53. The molecule has 1 unspecified atom stereocenters. The second kappa shape index (κ2) is 7.67. The Morgan fingerprint density at radius 1 is 1.44 bits per heavy atom. The Kier molecular flexibility index (Phi) is 6.22. The van der Waals surface area contributed by atoms with E-state index in [1.54, 1.807) is 0 Å². The van der Waals surface area contributed by atoms with Crippen LogP contribution in [0.2, 0.25) is 0 Å². The van der Waals surface area contributed by atoms with Gasteiger partial charge in [0.1, 0.15) is 4.33 Å². The number of esters is 1. The van der Waals surface area contributed by atoms with Crippen molar-refractivity contribution in [1.29, 1.82) is 0 Å². The van der Waals surface area contributed by atoms with Gasteiger partial charge in [0.2, 0.25) is 10.0 Å². The summed E-state index contributed by atoms with van der Waals surface area (Å²) in [6, 6.07) is 4.10. The van der Waals surface area contributed by atoms with Crippen molar-refractivity contribution in [2.75, 3.05) is 39.2 Å². The molecule has 1 saturated carbocycles. The molecule has 0 radical (unpaired) electrons. The SMILES string of the molecule is CN(C)S(=O)(=O)c1ccc(NCCO)c(C(=O)OCC2CC2(Cl)Cl)c1. The summed E-state index contributed by atoms with van der Waals surface area (Å²) >= 11 is 11.8. The zero-order chi connectivity index (χ0) is 18.8. The van der Waals surface area contributed by atoms with E-state index in [-0.39, 0.29) is 36.1 Å². The number of alkyl halides is 2. The van der Waals surface area contributed by atoms with Gasteiger partial charge in [0.25, 0.3) is 0 Å². The molecule has 7 nitrogen and oxygen atoms in total. The number of carbonyl (C=O) groups is 1. The maximum absolute atomic E-state index is 12.4. The summed E-state index contributed by atoms with van der Waals surface area (Å²) in [5.41, 5.74) is 0.433. The van der Waals surface area contributed by atoms with Crippen molar-refractivity contribution in [3.05, 3.63) is 23.8 Å². The number of benzene rings is 1. The minimum absolute atomic E-state index is 0.0329. The lowest BCUT2D eigenvalue weighted by Crippen LogP contribution is -2.23. The molecule has 2 rings (SSSR count). The van der Waals surface area contributed by atoms with Crippen LogP contribution < -0.4 is 5.32 Å². The summed E-state index contributed by atoms with van der Waals surface area (Å²) in [5, 5.41) is 11.8. The number of halogens is 2. The van der Waals surface area contributed by atoms with Gasteiger partial charge < -0.3 is 15.2 Å². The Hall–Kier alpha value is -1.06. The first kappa shape index (κ1) is 20.3. The third kappa shape index (κ3) is 4.77. The second-order valence-electron chi connectivity index (χ2n) is 5.91. The van der Waals surface area contributed by atoms with Crippen LogP contribution in [-0.4, -0.2) is 62.0 Å². The van der Waals surface area contributed by atoms with Gasteiger partial charge in [0, 0.05) is 32.2 Å². The van der Waals surface area contributed by atoms with Crippen LogP contribution in [0.5, 0.6) is 0 Å². The molecule has 1 aromatic rings. The van der Waals surface area contributed by atoms with Crippen molar-refractivity contribution in [3.63, 3.8) is 0 Å². The van der Waals surface area contributed by atoms with Crippen LogP contribution in [0.4, 0.5) is 5.69 Å². The number of hydrogen-bond donors (Lipinski definition) is 2. The van der Waals surface area contributed by atoms with Gasteiger partial charge in [-0.3, -0.25) is 0 Å². The fourth-order valence-corrected chi connectivity index (χ4v) is 3.54. The zero-order valence-electron chi connectivity index (χ0n) is 13.8. The maximum atomic E-state index is 12.4. The van der Waals surface area contributed by atoms with Crippen molar-refractivity contribution in [2.45, 2.75) is 15.6 Å². The Morgan fingerprint density at radius 3 is 2.60 bits per heavy atom. The Bertz CT molecular complexity index is 752. The lowest BCUT2D eigenvalue weighted by atomic mass is 10.1. The molecule has 1 fully saturated rings. The molecule has 1 aliphatic rings. The summed E-state index contributed by atoms with van der Waals surface area (Å²) in [4.78, 5) is 12.4. The highest BCUT2D eigenvalue weighted by atomic mass is 35.5. The average Bonchev–Trinajstić information content (AvgIpc) is 3.17. The van der Waals surface area contributed by atoms with E-state index >= 15 is 0 Å². The molecule has 0 saturated heterocycles. The first-order valence-electron chi connectivity index (χ1n) is 7.56. The number of nitrogens with zero attached hydrogens (tertiary/aromatic N) is 1. The molecule has 0 aliphatic heterocycles. The van der Waals surface area contributed by atoms with Gasteiger partial charge in [-0.2, -0.15) is 0 Å². The van der Waals surface area contributed by atoms with Gasteiger partial charge in [0.15, 0.2) is 0 Å². The molecular formula is C15H20Cl2N2O5S. The first-order chi connectivity index (χ1) is 11.6. The summed E-state index contributed by atoms with van der Waals surface area (Å²) in [6.07, 6.45) is 0.536. The monoisotopic (exact) mass is 410 g/mol. The first-order valence-corrected chi connectivity index (χ1v) is 9.75. The van der Waals surface area contributed by atoms with Gasteiger partial charge in [-0.05, 0) is 24.6 Å². The van der Waals surface area contributed by atoms with Gasteiger partial charge in [-0.15, -0.1) is 23.2 Å². The Morgan fingerprint density at radius 2 is 2.08 bits per heavy atom. The van der Waals surface area contributed by atoms with Gasteiger partial charge in [-0.1, -0.05) is 0 Å². The number of ether oxygens (including phenoxy) is 1. The van der Waals surface area contributed by atoms with Crippen LogP contribution in [0.1, 0.15) is 16.8 Å². The number of hydrogen-bond acceptors (Lipinski definition) is 6. The summed E-state index contributed by atoms with van der Waals surface area (Å²) < 4.78 is 29.9. The minimum Gasteiger partial charge on any atom is -0.462 e. The summed E-state index contributed by atoms with van der Waals surface area (Å²) in [5.74, 6) is -0.824. The molecule has 0 amide bonds. The summed E-state index contributed by atoms with van der Waals surface area (Å²) in [6.45, 7) is 0.112. The molecular weight excluding hydrogens is 391 g/mol. The zero-order valence-corrected chi connectivity index (χ0v) is 16.2. The van der Waals surface area contributed by atoms with Crippen molar-refractivity contribution in [1.82, 2.24) is 4.31 Å². The van der Waals surface area contributed by atoms with Gasteiger partial charge in [-0.25, -0.2) is 17.5 Å². The molecule has 1 aromatic carbocycles. The molecule has 0 spiro atoms. The molecule has 10 heteroatoms. The van der Waals surface area contributed by atoms with Crippen LogP contribution in [-0.2, 0) is 14.8 Å². The van der Waals surface area contributed by atoms with Crippen LogP contribution in [0.15, 0.2) is 23.1 Å². The van der Waals surface area contributed by atoms with Crippen molar-refractivity contribution < 1.29 is 23.1 Å². The number of aliphatic hydroxyl groups excluding tert-OH is 1. The maximum Gasteiger partial charge on any atom is 0.340 e. The average molecular weight is 411 g/mol. The number of carbonyl (C=O) groups excluding carboxylic acids is 1. The molecule has 0 heterocycles. The predicted molar refractivity (Wildman–Crippen MR) is 95.7 cm³/mol. The number of aliphatic hydroxyl groups is 1. The third-order valence-electron chi connectivity index (χ3n) is 3.79. The van der Waals surface area contributed by atoms with Crippen molar-refractivity contribution in [2.24, 2.45) is 5.92 Å². The third-order valence-corrected chi connectivity index (χ3v) is 6.53. The van der Waals surface area contributed by atoms with E-state index < -0.39 is 20.3 Å². The molecule has 1 aliphatic carbocycles. The van der Waals surface area contributed by atoms with E-state index in [9.17, 15) is 13.2 Å². The van der Waals surface area contributed by atoms with E-state index in [2.05, 4.69) is 5.32 Å². The Balaban J connectivity index is 2.26. The van der Waals surface area contributed by atoms with Crippen LogP contribution in [0.25, 0.3) is 0 Å². The van der Waals surface area contributed by atoms with Crippen LogP contribution in [0.3, 0.4) is 0 Å². The molecule has 0 bridgehead atoms. The highest BCUT2D eigenvalue weighted by molar-refractivity contribution is 7.89. The van der Waals surface area contributed by atoms with Crippen LogP contribution >= 0.6 is 23.2 Å². The quantitative estimate of drug-likeness (QED) is 0.499. The van der Waals surface area contributed by atoms with E-state index in [4.69, 9.17) is 33.0 Å². The summed E-state index contributed by atoms with van der Waals surface area (Å²) in [7, 11) is -0.898. The Labute approximate surface area is 156 Å². The molecule has 1 atom stereocenters. The smallest absolute Gasteiger partial charge is 0.340 e. The number of anilines is 1. The predicted octanol–water partition coefficient (Wildman–Crippen LogP) is 1.69. The fraction of sp³-hybridized carbons (Fsp3) is 0.533. The molecule has 140 valence electrons. The van der Waals surface area contributed by atoms with E-state index in [0.29, 0.717) is 12.1 Å². The van der Waals surface area contributed by atoms with E-state index in [1.807, 2.05) is 0 Å². The lowest BCUT2D eigenvalue weighted by Gasteiger charge is -2.15.